The van der Waals surface area contributed by atoms with Crippen molar-refractivity contribution >= 4 is 11.9 Å². The van der Waals surface area contributed by atoms with Crippen molar-refractivity contribution in [2.24, 2.45) is 0 Å². The molecule has 1 aromatic heterocycles. The molecule has 3 aromatic rings. The molecule has 0 bridgehead atoms. The Balaban J connectivity index is 1.79. The largest absolute Gasteiger partial charge is 0.479 e. The molecule has 2 aromatic carbocycles. The van der Waals surface area contributed by atoms with Crippen LogP contribution >= 0.6 is 0 Å². The van der Waals surface area contributed by atoms with Gasteiger partial charge in [-0.15, -0.1) is 0 Å². The monoisotopic (exact) mass is 381 g/mol. The molecule has 28 heavy (non-hydrogen) atoms. The number of carboxylic acids is 1. The fourth-order valence-corrected chi connectivity index (χ4v) is 2.61. The predicted octanol–water partition coefficient (Wildman–Crippen LogP) is 1.99. The Morgan fingerprint density at radius 3 is 2.36 bits per heavy atom. The topological polar surface area (TPSA) is 101 Å². The highest BCUT2D eigenvalue weighted by Crippen LogP contribution is 2.16. The van der Waals surface area contributed by atoms with E-state index in [9.17, 15) is 23.9 Å². The van der Waals surface area contributed by atoms with Crippen LogP contribution in [0.5, 0.6) is 0 Å². The number of hydrogen-bond donors (Lipinski definition) is 2. The van der Waals surface area contributed by atoms with Crippen LogP contribution in [0, 0.1) is 5.82 Å². The van der Waals surface area contributed by atoms with Crippen LogP contribution in [0.2, 0.25) is 0 Å². The fraction of sp³-hybridized carbons (Fsp3) is 0.100. The van der Waals surface area contributed by atoms with E-state index in [2.05, 4.69) is 10.4 Å². The van der Waals surface area contributed by atoms with Gasteiger partial charge in [0.2, 0.25) is 5.91 Å². The zero-order valence-electron chi connectivity index (χ0n) is 14.6. The molecule has 0 spiro atoms. The molecule has 0 radical (unpaired) electrons. The Labute approximate surface area is 159 Å². The lowest BCUT2D eigenvalue weighted by atomic mass is 10.1. The average Bonchev–Trinajstić information content (AvgIpc) is 2.69. The van der Waals surface area contributed by atoms with E-state index in [1.807, 2.05) is 0 Å². The van der Waals surface area contributed by atoms with Gasteiger partial charge in [-0.25, -0.2) is 13.9 Å². The van der Waals surface area contributed by atoms with Gasteiger partial charge in [0.05, 0.1) is 5.69 Å². The van der Waals surface area contributed by atoms with Crippen LogP contribution in [0.15, 0.2) is 71.5 Å². The lowest BCUT2D eigenvalue weighted by Gasteiger charge is -2.15. The van der Waals surface area contributed by atoms with E-state index in [0.717, 1.165) is 4.68 Å². The minimum Gasteiger partial charge on any atom is -0.479 e. The van der Waals surface area contributed by atoms with Crippen molar-refractivity contribution in [3.05, 3.63) is 88.5 Å². The fourth-order valence-electron chi connectivity index (χ4n) is 2.61. The molecule has 7 nitrogen and oxygen atoms in total. The van der Waals surface area contributed by atoms with Crippen LogP contribution in [0.4, 0.5) is 4.39 Å². The minimum atomic E-state index is -1.25. The summed E-state index contributed by atoms with van der Waals surface area (Å²) in [6.45, 7) is -0.454. The van der Waals surface area contributed by atoms with Crippen LogP contribution in [0.1, 0.15) is 11.6 Å². The van der Waals surface area contributed by atoms with Gasteiger partial charge in [-0.2, -0.15) is 5.10 Å². The standard InChI is InChI=1S/C20H16FN3O4/c21-15-8-6-13(7-9-15)16-10-11-18(26)24(23-16)12-17(25)22-19(20(27)28)14-4-2-1-3-5-14/h1-11,19H,12H2,(H,22,25)(H,27,28)/t19-/m0/s1. The van der Waals surface area contributed by atoms with Crippen LogP contribution in [-0.4, -0.2) is 26.8 Å². The molecular weight excluding hydrogens is 365 g/mol. The number of aliphatic carboxylic acids is 1. The number of aromatic nitrogens is 2. The van der Waals surface area contributed by atoms with Crippen molar-refractivity contribution in [3.8, 4) is 11.3 Å². The van der Waals surface area contributed by atoms with Crippen LogP contribution in [0.3, 0.4) is 0 Å². The molecule has 1 heterocycles. The maximum absolute atomic E-state index is 13.1. The Morgan fingerprint density at radius 2 is 1.71 bits per heavy atom. The van der Waals surface area contributed by atoms with Gasteiger partial charge in [-0.3, -0.25) is 9.59 Å². The van der Waals surface area contributed by atoms with Gasteiger partial charge >= 0.3 is 5.97 Å². The van der Waals surface area contributed by atoms with E-state index >= 15 is 0 Å². The first kappa shape index (κ1) is 19.0. The summed E-state index contributed by atoms with van der Waals surface area (Å²) in [5, 5.41) is 15.9. The molecule has 142 valence electrons. The van der Waals surface area contributed by atoms with Gasteiger partial charge in [0.25, 0.3) is 5.56 Å². The summed E-state index contributed by atoms with van der Waals surface area (Å²) in [6.07, 6.45) is 0. The first-order chi connectivity index (χ1) is 13.4. The summed E-state index contributed by atoms with van der Waals surface area (Å²) in [5.74, 6) is -2.31. The summed E-state index contributed by atoms with van der Waals surface area (Å²) >= 11 is 0. The minimum absolute atomic E-state index is 0.380. The third-order valence-electron chi connectivity index (χ3n) is 3.99. The van der Waals surface area contributed by atoms with Crippen molar-refractivity contribution in [1.29, 1.82) is 0 Å². The van der Waals surface area contributed by atoms with Gasteiger partial charge in [0, 0.05) is 11.6 Å². The van der Waals surface area contributed by atoms with E-state index in [-0.39, 0.29) is 0 Å². The van der Waals surface area contributed by atoms with E-state index in [1.165, 1.54) is 36.4 Å². The number of nitrogens with zero attached hydrogens (tertiary/aromatic N) is 2. The first-order valence-corrected chi connectivity index (χ1v) is 8.35. The lowest BCUT2D eigenvalue weighted by molar-refractivity contribution is -0.142. The molecule has 2 N–H and O–H groups in total. The molecule has 8 heteroatoms. The SMILES string of the molecule is O=C(Cn1nc(-c2ccc(F)cc2)ccc1=O)N[C@H](C(=O)O)c1ccccc1. The summed E-state index contributed by atoms with van der Waals surface area (Å²) in [7, 11) is 0. The summed E-state index contributed by atoms with van der Waals surface area (Å²) in [5.41, 5.74) is 0.838. The van der Waals surface area contributed by atoms with Crippen molar-refractivity contribution in [3.63, 3.8) is 0 Å². The van der Waals surface area contributed by atoms with E-state index in [1.54, 1.807) is 30.3 Å². The second kappa shape index (κ2) is 8.26. The average molecular weight is 381 g/mol. The molecule has 0 fully saturated rings. The van der Waals surface area contributed by atoms with Gasteiger partial charge in [0.15, 0.2) is 6.04 Å². The smallest absolute Gasteiger partial charge is 0.330 e. The maximum Gasteiger partial charge on any atom is 0.330 e. The number of rotatable bonds is 6. The Bertz CT molecular complexity index is 1050. The van der Waals surface area contributed by atoms with Crippen molar-refractivity contribution in [2.75, 3.05) is 0 Å². The number of halogens is 1. The quantitative estimate of drug-likeness (QED) is 0.680. The lowest BCUT2D eigenvalue weighted by Crippen LogP contribution is -2.38. The van der Waals surface area contributed by atoms with Gasteiger partial charge in [-0.05, 0) is 35.9 Å². The molecular formula is C20H16FN3O4. The number of carbonyl (C=O) groups excluding carboxylic acids is 1. The summed E-state index contributed by atoms with van der Waals surface area (Å²) in [6, 6.07) is 15.2. The zero-order chi connectivity index (χ0) is 20.1. The normalized spacial score (nSPS) is 11.6. The maximum atomic E-state index is 13.1. The van der Waals surface area contributed by atoms with E-state index < -0.39 is 35.8 Å². The van der Waals surface area contributed by atoms with Gasteiger partial charge < -0.3 is 10.4 Å². The molecule has 1 atom stereocenters. The molecule has 0 aliphatic carbocycles. The third-order valence-corrected chi connectivity index (χ3v) is 3.99. The number of hydrogen-bond acceptors (Lipinski definition) is 4. The first-order valence-electron chi connectivity index (χ1n) is 8.35. The molecule has 0 aliphatic heterocycles. The Morgan fingerprint density at radius 1 is 1.04 bits per heavy atom. The highest BCUT2D eigenvalue weighted by molar-refractivity contribution is 5.84. The second-order valence-electron chi connectivity index (χ2n) is 5.97. The second-order valence-corrected chi connectivity index (χ2v) is 5.97. The van der Waals surface area contributed by atoms with Crippen molar-refractivity contribution in [1.82, 2.24) is 15.1 Å². The number of carboxylic acid groups (broad SMARTS) is 1. The molecule has 0 aliphatic rings. The van der Waals surface area contributed by atoms with Crippen LogP contribution in [0.25, 0.3) is 11.3 Å². The summed E-state index contributed by atoms with van der Waals surface area (Å²) in [4.78, 5) is 35.8. The number of carbonyl (C=O) groups is 2. The molecule has 3 rings (SSSR count). The van der Waals surface area contributed by atoms with Crippen LogP contribution < -0.4 is 10.9 Å². The predicted molar refractivity (Wildman–Crippen MR) is 98.9 cm³/mol. The zero-order valence-corrected chi connectivity index (χ0v) is 14.6. The van der Waals surface area contributed by atoms with E-state index in [0.29, 0.717) is 16.8 Å². The number of benzene rings is 2. The summed E-state index contributed by atoms with van der Waals surface area (Å²) < 4.78 is 14.0. The van der Waals surface area contributed by atoms with Crippen molar-refractivity contribution < 1.29 is 19.1 Å². The molecule has 1 amide bonds. The highest BCUT2D eigenvalue weighted by Gasteiger charge is 2.22. The van der Waals surface area contributed by atoms with Gasteiger partial charge in [-0.1, -0.05) is 30.3 Å². The van der Waals surface area contributed by atoms with Crippen molar-refractivity contribution in [2.45, 2.75) is 12.6 Å². The number of amides is 1. The molecule has 0 saturated carbocycles. The van der Waals surface area contributed by atoms with Crippen LogP contribution in [-0.2, 0) is 16.1 Å². The molecule has 0 unspecified atom stereocenters. The Kier molecular flexibility index (Phi) is 5.59. The van der Waals surface area contributed by atoms with E-state index in [4.69, 9.17) is 0 Å². The third kappa shape index (κ3) is 4.47. The Hall–Kier alpha value is -3.81. The van der Waals surface area contributed by atoms with Gasteiger partial charge in [0.1, 0.15) is 12.4 Å². The molecule has 0 saturated heterocycles. The number of nitrogens with one attached hydrogen (secondary N) is 1. The highest BCUT2D eigenvalue weighted by atomic mass is 19.1.